The van der Waals surface area contributed by atoms with Crippen molar-refractivity contribution in [1.29, 1.82) is 0 Å². The van der Waals surface area contributed by atoms with Gasteiger partial charge in [0.25, 0.3) is 0 Å². The lowest BCUT2D eigenvalue weighted by Gasteiger charge is -2.25. The maximum Gasteiger partial charge on any atom is 0.0561 e. The minimum Gasteiger partial charge on any atom is -0.312 e. The van der Waals surface area contributed by atoms with E-state index in [0.29, 0.717) is 12.1 Å². The molecule has 114 valence electrons. The third-order valence-electron chi connectivity index (χ3n) is 3.61. The summed E-state index contributed by atoms with van der Waals surface area (Å²) in [7, 11) is 4.27. The highest BCUT2D eigenvalue weighted by Crippen LogP contribution is 2.22. The summed E-state index contributed by atoms with van der Waals surface area (Å²) < 4.78 is 0. The van der Waals surface area contributed by atoms with Gasteiger partial charge in [-0.05, 0) is 56.6 Å². The lowest BCUT2D eigenvalue weighted by atomic mass is 10.1. The van der Waals surface area contributed by atoms with E-state index in [1.165, 1.54) is 10.4 Å². The number of thiophene rings is 1. The molecule has 4 heteroatoms. The van der Waals surface area contributed by atoms with Gasteiger partial charge in [0.05, 0.1) is 6.04 Å². The highest BCUT2D eigenvalue weighted by molar-refractivity contribution is 7.10. The van der Waals surface area contributed by atoms with Gasteiger partial charge in [0.2, 0.25) is 0 Å². The number of rotatable bonds is 7. The van der Waals surface area contributed by atoms with Gasteiger partial charge in [-0.1, -0.05) is 29.8 Å². The van der Waals surface area contributed by atoms with Gasteiger partial charge in [0.1, 0.15) is 0 Å². The fraction of sp³-hybridized carbons (Fsp3) is 0.412. The van der Waals surface area contributed by atoms with E-state index in [-0.39, 0.29) is 0 Å². The van der Waals surface area contributed by atoms with Crippen LogP contribution in [-0.4, -0.2) is 31.6 Å². The molecule has 0 bridgehead atoms. The third kappa shape index (κ3) is 5.11. The van der Waals surface area contributed by atoms with Crippen molar-refractivity contribution in [3.05, 3.63) is 57.2 Å². The molecule has 2 nitrogen and oxygen atoms in total. The Labute approximate surface area is 136 Å². The zero-order valence-electron chi connectivity index (χ0n) is 12.8. The average Bonchev–Trinajstić information content (AvgIpc) is 2.95. The Morgan fingerprint density at radius 2 is 1.90 bits per heavy atom. The molecule has 1 aromatic heterocycles. The summed E-state index contributed by atoms with van der Waals surface area (Å²) in [5.41, 5.74) is 1.32. The van der Waals surface area contributed by atoms with Crippen molar-refractivity contribution in [3.8, 4) is 0 Å². The summed E-state index contributed by atoms with van der Waals surface area (Å²) in [6.45, 7) is 3.19. The molecular formula is C17H23ClN2S. The van der Waals surface area contributed by atoms with Gasteiger partial charge in [0.15, 0.2) is 0 Å². The maximum atomic E-state index is 5.92. The Morgan fingerprint density at radius 1 is 1.19 bits per heavy atom. The molecule has 0 saturated heterocycles. The largest absolute Gasteiger partial charge is 0.312 e. The maximum absolute atomic E-state index is 5.92. The monoisotopic (exact) mass is 322 g/mol. The average molecular weight is 323 g/mol. The first-order valence-electron chi connectivity index (χ1n) is 7.24. The van der Waals surface area contributed by atoms with E-state index < -0.39 is 0 Å². The molecule has 0 saturated carbocycles. The fourth-order valence-electron chi connectivity index (χ4n) is 2.38. The van der Waals surface area contributed by atoms with Gasteiger partial charge in [-0.2, -0.15) is 0 Å². The molecule has 0 radical (unpaired) electrons. The van der Waals surface area contributed by atoms with Crippen LogP contribution in [0.1, 0.15) is 23.4 Å². The summed E-state index contributed by atoms with van der Waals surface area (Å²) in [6.07, 6.45) is 1.02. The zero-order chi connectivity index (χ0) is 15.2. The summed E-state index contributed by atoms with van der Waals surface area (Å²) in [6, 6.07) is 13.3. The smallest absolute Gasteiger partial charge is 0.0561 e. The highest BCUT2D eigenvalue weighted by Gasteiger charge is 2.16. The number of halogens is 1. The molecule has 1 N–H and O–H groups in total. The Hall–Kier alpha value is -0.870. The lowest BCUT2D eigenvalue weighted by Crippen LogP contribution is -2.36. The van der Waals surface area contributed by atoms with Crippen molar-refractivity contribution in [3.63, 3.8) is 0 Å². The molecule has 0 aliphatic rings. The van der Waals surface area contributed by atoms with Crippen molar-refractivity contribution >= 4 is 22.9 Å². The van der Waals surface area contributed by atoms with E-state index in [2.05, 4.69) is 60.9 Å². The van der Waals surface area contributed by atoms with Crippen molar-refractivity contribution in [2.24, 2.45) is 0 Å². The lowest BCUT2D eigenvalue weighted by molar-refractivity contribution is 0.285. The second kappa shape index (κ2) is 7.95. The number of benzene rings is 1. The molecule has 0 aliphatic carbocycles. The fourth-order valence-corrected chi connectivity index (χ4v) is 3.43. The highest BCUT2D eigenvalue weighted by atomic mass is 35.5. The van der Waals surface area contributed by atoms with E-state index in [0.717, 1.165) is 18.0 Å². The van der Waals surface area contributed by atoms with Crippen molar-refractivity contribution < 1.29 is 0 Å². The molecule has 2 atom stereocenters. The first-order chi connectivity index (χ1) is 10.1. The molecule has 2 unspecified atom stereocenters. The van der Waals surface area contributed by atoms with Crippen LogP contribution in [0, 0.1) is 0 Å². The van der Waals surface area contributed by atoms with E-state index in [4.69, 9.17) is 11.6 Å². The van der Waals surface area contributed by atoms with Gasteiger partial charge in [-0.15, -0.1) is 11.3 Å². The summed E-state index contributed by atoms with van der Waals surface area (Å²) in [4.78, 5) is 3.68. The van der Waals surface area contributed by atoms with Crippen LogP contribution >= 0.6 is 22.9 Å². The van der Waals surface area contributed by atoms with Crippen LogP contribution in [-0.2, 0) is 6.42 Å². The van der Waals surface area contributed by atoms with Gasteiger partial charge in [0, 0.05) is 22.5 Å². The molecule has 0 amide bonds. The van der Waals surface area contributed by atoms with Gasteiger partial charge >= 0.3 is 0 Å². The van der Waals surface area contributed by atoms with Crippen LogP contribution in [0.25, 0.3) is 0 Å². The molecule has 1 aromatic carbocycles. The summed E-state index contributed by atoms with van der Waals surface area (Å²) in [5, 5.41) is 6.59. The van der Waals surface area contributed by atoms with Crippen LogP contribution in [0.5, 0.6) is 0 Å². The number of nitrogens with zero attached hydrogens (tertiary/aromatic N) is 1. The summed E-state index contributed by atoms with van der Waals surface area (Å²) >= 11 is 7.74. The topological polar surface area (TPSA) is 15.3 Å². The molecule has 0 aliphatic heterocycles. The quantitative estimate of drug-likeness (QED) is 0.821. The third-order valence-corrected chi connectivity index (χ3v) is 4.84. The number of likely N-dealkylation sites (N-methyl/N-ethyl adjacent to an activating group) is 1. The SMILES string of the molecule is CC(Cc1ccc(Cl)cc1)NCC(c1cccs1)N(C)C. The van der Waals surface area contributed by atoms with Crippen LogP contribution in [0.2, 0.25) is 5.02 Å². The van der Waals surface area contributed by atoms with Gasteiger partial charge < -0.3 is 10.2 Å². The minimum absolute atomic E-state index is 0.428. The Kier molecular flexibility index (Phi) is 6.24. The molecule has 2 aromatic rings. The molecule has 21 heavy (non-hydrogen) atoms. The van der Waals surface area contributed by atoms with E-state index in [1.807, 2.05) is 23.5 Å². The van der Waals surface area contributed by atoms with Gasteiger partial charge in [-0.25, -0.2) is 0 Å². The Balaban J connectivity index is 1.87. The first kappa shape index (κ1) is 16.5. The van der Waals surface area contributed by atoms with Crippen LogP contribution in [0.15, 0.2) is 41.8 Å². The van der Waals surface area contributed by atoms with E-state index in [1.54, 1.807) is 0 Å². The zero-order valence-corrected chi connectivity index (χ0v) is 14.4. The summed E-state index contributed by atoms with van der Waals surface area (Å²) in [5.74, 6) is 0. The minimum atomic E-state index is 0.428. The second-order valence-electron chi connectivity index (χ2n) is 5.63. The van der Waals surface area contributed by atoms with Gasteiger partial charge in [-0.3, -0.25) is 0 Å². The van der Waals surface area contributed by atoms with Crippen molar-refractivity contribution in [1.82, 2.24) is 10.2 Å². The number of nitrogens with one attached hydrogen (secondary N) is 1. The predicted molar refractivity (Wildman–Crippen MR) is 93.4 cm³/mol. The van der Waals surface area contributed by atoms with Crippen LogP contribution < -0.4 is 5.32 Å². The molecular weight excluding hydrogens is 300 g/mol. The normalized spacial score (nSPS) is 14.3. The van der Waals surface area contributed by atoms with Crippen LogP contribution in [0.3, 0.4) is 0 Å². The number of hydrogen-bond donors (Lipinski definition) is 1. The molecule has 1 heterocycles. The molecule has 0 spiro atoms. The second-order valence-corrected chi connectivity index (χ2v) is 7.05. The Bertz CT molecular complexity index is 522. The van der Waals surface area contributed by atoms with E-state index in [9.17, 15) is 0 Å². The Morgan fingerprint density at radius 3 is 2.48 bits per heavy atom. The standard InChI is InChI=1S/C17H23ClN2S/c1-13(11-14-6-8-15(18)9-7-14)19-12-16(20(2)3)17-5-4-10-21-17/h4-10,13,16,19H,11-12H2,1-3H3. The number of hydrogen-bond acceptors (Lipinski definition) is 3. The first-order valence-corrected chi connectivity index (χ1v) is 8.49. The molecule has 2 rings (SSSR count). The predicted octanol–water partition coefficient (Wildman–Crippen LogP) is 4.23. The van der Waals surface area contributed by atoms with Crippen LogP contribution in [0.4, 0.5) is 0 Å². The van der Waals surface area contributed by atoms with Crippen molar-refractivity contribution in [2.45, 2.75) is 25.4 Å². The van der Waals surface area contributed by atoms with Crippen molar-refractivity contribution in [2.75, 3.05) is 20.6 Å². The van der Waals surface area contributed by atoms with E-state index >= 15 is 0 Å². The molecule has 0 fully saturated rings.